The summed E-state index contributed by atoms with van der Waals surface area (Å²) >= 11 is 0. The fraction of sp³-hybridized carbons (Fsp3) is 0.385. The van der Waals surface area contributed by atoms with E-state index in [1.165, 1.54) is 5.56 Å². The molecule has 1 heteroatoms. The summed E-state index contributed by atoms with van der Waals surface area (Å²) in [5.74, 6) is 3.29. The van der Waals surface area contributed by atoms with E-state index in [4.69, 9.17) is 0 Å². The quantitative estimate of drug-likeness (QED) is 0.508. The van der Waals surface area contributed by atoms with Crippen LogP contribution in [0.3, 0.4) is 0 Å². The Balaban J connectivity index is 2.39. The minimum Gasteiger partial charge on any atom is -0.132 e. The van der Waals surface area contributed by atoms with Gasteiger partial charge in [-0.25, -0.2) is 0 Å². The van der Waals surface area contributed by atoms with Crippen molar-refractivity contribution >= 4 is 8.07 Å². The highest BCUT2D eigenvalue weighted by Crippen LogP contribution is 2.02. The number of hydrogen-bond acceptors (Lipinski definition) is 0. The van der Waals surface area contributed by atoms with Gasteiger partial charge in [-0.15, -0.1) is 11.5 Å². The van der Waals surface area contributed by atoms with E-state index < -0.39 is 8.07 Å². The van der Waals surface area contributed by atoms with Gasteiger partial charge < -0.3 is 0 Å². The molecule has 0 fully saturated rings. The van der Waals surface area contributed by atoms with E-state index in [0.29, 0.717) is 0 Å². The van der Waals surface area contributed by atoms with Crippen LogP contribution in [0.15, 0.2) is 30.3 Å². The van der Waals surface area contributed by atoms with E-state index in [-0.39, 0.29) is 0 Å². The zero-order valence-electron chi connectivity index (χ0n) is 9.30. The summed E-state index contributed by atoms with van der Waals surface area (Å²) in [4.78, 5) is 0. The zero-order chi connectivity index (χ0) is 10.4. The molecule has 74 valence electrons. The van der Waals surface area contributed by atoms with Crippen LogP contribution in [0, 0.1) is 11.5 Å². The molecule has 0 unspecified atom stereocenters. The first-order chi connectivity index (χ1) is 6.58. The molecule has 0 amide bonds. The van der Waals surface area contributed by atoms with E-state index in [1.54, 1.807) is 0 Å². The van der Waals surface area contributed by atoms with Gasteiger partial charge >= 0.3 is 0 Å². The molecule has 0 aromatic heterocycles. The Morgan fingerprint density at radius 3 is 2.29 bits per heavy atom. The summed E-state index contributed by atoms with van der Waals surface area (Å²) in [5, 5.41) is 0. The van der Waals surface area contributed by atoms with Gasteiger partial charge in [0.2, 0.25) is 0 Å². The lowest BCUT2D eigenvalue weighted by Gasteiger charge is -2.03. The highest BCUT2D eigenvalue weighted by atomic mass is 28.3. The average molecular weight is 202 g/mol. The van der Waals surface area contributed by atoms with Crippen molar-refractivity contribution in [3.63, 3.8) is 0 Å². The van der Waals surface area contributed by atoms with Crippen molar-refractivity contribution in [3.8, 4) is 11.5 Å². The second-order valence-electron chi connectivity index (χ2n) is 4.54. The lowest BCUT2D eigenvalue weighted by atomic mass is 10.1. The van der Waals surface area contributed by atoms with Crippen molar-refractivity contribution in [2.24, 2.45) is 0 Å². The third kappa shape index (κ3) is 4.89. The van der Waals surface area contributed by atoms with Crippen LogP contribution in [-0.4, -0.2) is 8.07 Å². The highest BCUT2D eigenvalue weighted by Gasteiger charge is 2.06. The molecule has 0 radical (unpaired) electrons. The number of aryl methyl sites for hydroxylation is 1. The molecule has 1 rings (SSSR count). The van der Waals surface area contributed by atoms with E-state index in [0.717, 1.165) is 12.8 Å². The molecule has 0 atom stereocenters. The highest BCUT2D eigenvalue weighted by molar-refractivity contribution is 6.83. The number of rotatable bonds is 2. The van der Waals surface area contributed by atoms with Gasteiger partial charge in [0.15, 0.2) is 0 Å². The molecule has 0 aliphatic rings. The first-order valence-corrected chi connectivity index (χ1v) is 8.62. The Labute approximate surface area is 88.4 Å². The second-order valence-corrected chi connectivity index (χ2v) is 9.29. The van der Waals surface area contributed by atoms with Gasteiger partial charge in [-0.2, -0.15) is 0 Å². The Bertz CT molecular complexity index is 322. The SMILES string of the molecule is C[Si](C)(C)C#CCCc1ccccc1. The van der Waals surface area contributed by atoms with Crippen LogP contribution >= 0.6 is 0 Å². The van der Waals surface area contributed by atoms with Gasteiger partial charge in [0.1, 0.15) is 8.07 Å². The summed E-state index contributed by atoms with van der Waals surface area (Å²) < 4.78 is 0. The molecular formula is C13H18Si. The van der Waals surface area contributed by atoms with Crippen LogP contribution in [0.1, 0.15) is 12.0 Å². The Morgan fingerprint density at radius 2 is 1.71 bits per heavy atom. The monoisotopic (exact) mass is 202 g/mol. The molecule has 0 aliphatic carbocycles. The molecular weight excluding hydrogens is 184 g/mol. The molecule has 14 heavy (non-hydrogen) atoms. The van der Waals surface area contributed by atoms with Gasteiger partial charge in [-0.05, 0) is 12.0 Å². The normalized spacial score (nSPS) is 10.5. The van der Waals surface area contributed by atoms with Gasteiger partial charge in [0.05, 0.1) is 0 Å². The van der Waals surface area contributed by atoms with Crippen molar-refractivity contribution in [1.29, 1.82) is 0 Å². The molecule has 0 bridgehead atoms. The lowest BCUT2D eigenvalue weighted by Crippen LogP contribution is -2.16. The summed E-state index contributed by atoms with van der Waals surface area (Å²) in [6.45, 7) is 6.84. The summed E-state index contributed by atoms with van der Waals surface area (Å²) in [7, 11) is -1.16. The van der Waals surface area contributed by atoms with Crippen LogP contribution in [0.5, 0.6) is 0 Å². The number of hydrogen-bond donors (Lipinski definition) is 0. The van der Waals surface area contributed by atoms with Gasteiger partial charge in [-0.1, -0.05) is 50.0 Å². The molecule has 0 spiro atoms. The van der Waals surface area contributed by atoms with E-state index in [1.807, 2.05) is 0 Å². The van der Waals surface area contributed by atoms with E-state index >= 15 is 0 Å². The zero-order valence-corrected chi connectivity index (χ0v) is 10.3. The first-order valence-electron chi connectivity index (χ1n) is 5.12. The van der Waals surface area contributed by atoms with Crippen molar-refractivity contribution < 1.29 is 0 Å². The predicted molar refractivity (Wildman–Crippen MR) is 65.9 cm³/mol. The third-order valence-electron chi connectivity index (χ3n) is 1.84. The summed E-state index contributed by atoms with van der Waals surface area (Å²) in [6, 6.07) is 10.5. The smallest absolute Gasteiger partial charge is 0.129 e. The maximum absolute atomic E-state index is 3.38. The molecule has 0 saturated heterocycles. The Morgan fingerprint density at radius 1 is 1.07 bits per heavy atom. The molecule has 0 aliphatic heterocycles. The minimum absolute atomic E-state index is 0.994. The molecule has 1 aromatic carbocycles. The van der Waals surface area contributed by atoms with Crippen LogP contribution in [0.4, 0.5) is 0 Å². The lowest BCUT2D eigenvalue weighted by molar-refractivity contribution is 1.03. The molecule has 0 saturated carbocycles. The number of benzene rings is 1. The Kier molecular flexibility index (Phi) is 3.97. The van der Waals surface area contributed by atoms with Crippen LogP contribution in [0.25, 0.3) is 0 Å². The van der Waals surface area contributed by atoms with Crippen LogP contribution < -0.4 is 0 Å². The fourth-order valence-corrected chi connectivity index (χ4v) is 1.83. The Hall–Kier alpha value is -1.00. The second kappa shape index (κ2) is 5.02. The van der Waals surface area contributed by atoms with Crippen molar-refractivity contribution in [1.82, 2.24) is 0 Å². The fourth-order valence-electron chi connectivity index (χ4n) is 1.18. The maximum atomic E-state index is 3.38. The predicted octanol–water partition coefficient (Wildman–Crippen LogP) is 3.50. The van der Waals surface area contributed by atoms with E-state index in [2.05, 4.69) is 61.4 Å². The van der Waals surface area contributed by atoms with E-state index in [9.17, 15) is 0 Å². The average Bonchev–Trinajstić information content (AvgIpc) is 2.13. The largest absolute Gasteiger partial charge is 0.132 e. The summed E-state index contributed by atoms with van der Waals surface area (Å²) in [6.07, 6.45) is 2.08. The van der Waals surface area contributed by atoms with Gasteiger partial charge in [-0.3, -0.25) is 0 Å². The van der Waals surface area contributed by atoms with Crippen molar-refractivity contribution in [3.05, 3.63) is 35.9 Å². The topological polar surface area (TPSA) is 0 Å². The van der Waals surface area contributed by atoms with Gasteiger partial charge in [0, 0.05) is 6.42 Å². The first kappa shape index (κ1) is 11.1. The molecule has 1 aromatic rings. The third-order valence-corrected chi connectivity index (χ3v) is 2.77. The van der Waals surface area contributed by atoms with Crippen LogP contribution in [0.2, 0.25) is 19.6 Å². The van der Waals surface area contributed by atoms with Gasteiger partial charge in [0.25, 0.3) is 0 Å². The van der Waals surface area contributed by atoms with Crippen LogP contribution in [-0.2, 0) is 6.42 Å². The maximum Gasteiger partial charge on any atom is 0.129 e. The van der Waals surface area contributed by atoms with Crippen molar-refractivity contribution in [2.45, 2.75) is 32.5 Å². The summed E-state index contributed by atoms with van der Waals surface area (Å²) in [5.41, 5.74) is 4.77. The minimum atomic E-state index is -1.16. The molecule has 0 heterocycles. The van der Waals surface area contributed by atoms with Crippen molar-refractivity contribution in [2.75, 3.05) is 0 Å². The molecule has 0 nitrogen and oxygen atoms in total. The standard InChI is InChI=1S/C13H18Si/c1-14(2,3)12-8-7-11-13-9-5-4-6-10-13/h4-6,9-10H,7,11H2,1-3H3. The molecule has 0 N–H and O–H groups in total.